The molecular weight excluding hydrogens is 764 g/mol. The van der Waals surface area contributed by atoms with Crippen molar-refractivity contribution in [1.29, 1.82) is 5.26 Å². The quantitative estimate of drug-likeness (QED) is 0.160. The Kier molecular flexibility index (Phi) is 8.58. The maximum absolute atomic E-state index is 14.4. The van der Waals surface area contributed by atoms with Crippen molar-refractivity contribution in [3.63, 3.8) is 0 Å². The molecule has 2 heterocycles. The van der Waals surface area contributed by atoms with Crippen LogP contribution in [0, 0.1) is 31.4 Å². The van der Waals surface area contributed by atoms with Gasteiger partial charge in [-0.1, -0.05) is 103 Å². The average Bonchev–Trinajstić information content (AvgIpc) is 3.80. The molecule has 0 aliphatic carbocycles. The third-order valence-electron chi connectivity index (χ3n) is 11.4. The van der Waals surface area contributed by atoms with Gasteiger partial charge in [0.1, 0.15) is 0 Å². The van der Waals surface area contributed by atoms with E-state index in [1.54, 1.807) is 43.3 Å². The zero-order valence-electron chi connectivity index (χ0n) is 32.5. The van der Waals surface area contributed by atoms with Crippen LogP contribution in [-0.2, 0) is 6.18 Å². The Morgan fingerprint density at radius 1 is 0.508 bits per heavy atom. The van der Waals surface area contributed by atoms with Gasteiger partial charge in [-0.3, -0.25) is 0 Å². The Labute approximate surface area is 348 Å². The first-order valence-electron chi connectivity index (χ1n) is 19.4. The number of hydrogen-bond acceptors (Lipinski definition) is 1. The molecule has 8 aromatic carbocycles. The van der Waals surface area contributed by atoms with E-state index in [1.165, 1.54) is 0 Å². The highest BCUT2D eigenvalue weighted by atomic mass is 19.4. The van der Waals surface area contributed by atoms with Crippen molar-refractivity contribution in [3.05, 3.63) is 203 Å². The zero-order chi connectivity index (χ0) is 42.0. The number of aryl methyl sites for hydroxylation is 1. The van der Waals surface area contributed by atoms with Gasteiger partial charge < -0.3 is 9.13 Å². The summed E-state index contributed by atoms with van der Waals surface area (Å²) in [6, 6.07) is 53.3. The highest BCUT2D eigenvalue weighted by Gasteiger charge is 2.31. The molecule has 0 fully saturated rings. The second kappa shape index (κ2) is 14.2. The number of nitrogens with zero attached hydrogens (tertiary/aromatic N) is 5. The van der Waals surface area contributed by atoms with E-state index in [0.717, 1.165) is 78.0 Å². The summed E-state index contributed by atoms with van der Waals surface area (Å²) in [4.78, 5) is 7.56. The lowest BCUT2D eigenvalue weighted by atomic mass is 9.97. The van der Waals surface area contributed by atoms with Crippen LogP contribution in [0.25, 0.3) is 98.1 Å². The lowest BCUT2D eigenvalue weighted by Crippen LogP contribution is -2.06. The minimum absolute atomic E-state index is 0.202. The van der Waals surface area contributed by atoms with Gasteiger partial charge >= 0.3 is 6.18 Å². The fourth-order valence-electron chi connectivity index (χ4n) is 8.63. The summed E-state index contributed by atoms with van der Waals surface area (Å²) in [6.45, 7) is 17.6. The topological polar surface area (TPSA) is 42.4 Å². The van der Waals surface area contributed by atoms with Gasteiger partial charge in [-0.25, -0.2) is 9.69 Å². The molecule has 10 aromatic rings. The Morgan fingerprint density at radius 2 is 1.02 bits per heavy atom. The molecule has 61 heavy (non-hydrogen) atoms. The molecular formula is C53H30F3N5. The molecule has 8 heteroatoms. The maximum Gasteiger partial charge on any atom is 0.416 e. The van der Waals surface area contributed by atoms with Crippen molar-refractivity contribution in [1.82, 2.24) is 9.13 Å². The van der Waals surface area contributed by atoms with Crippen molar-refractivity contribution in [2.24, 2.45) is 0 Å². The first-order chi connectivity index (χ1) is 29.6. The first-order valence-corrected chi connectivity index (χ1v) is 19.4. The van der Waals surface area contributed by atoms with Crippen molar-refractivity contribution in [2.45, 2.75) is 13.1 Å². The van der Waals surface area contributed by atoms with Crippen LogP contribution in [0.2, 0.25) is 0 Å². The number of nitriles is 1. The normalized spacial score (nSPS) is 11.6. The smallest absolute Gasteiger partial charge is 0.308 e. The Hall–Kier alpha value is -8.38. The number of rotatable bonds is 5. The largest absolute Gasteiger partial charge is 0.416 e. The second-order valence-electron chi connectivity index (χ2n) is 15.1. The van der Waals surface area contributed by atoms with Crippen LogP contribution >= 0.6 is 0 Å². The predicted octanol–water partition coefficient (Wildman–Crippen LogP) is 15.2. The fraction of sp³-hybridized carbons (Fsp3) is 0.0377. The highest BCUT2D eigenvalue weighted by molar-refractivity contribution is 6.13. The standard InChI is InChI=1S/C53H30F3N5/c1-32-24-38(26-39(25-32)53(54,55)56)45-29-51(60-47-10-6-4-8-41(47)43-22-18-36(27-49(43)60)34-14-12-33(31-57)13-15-34)52(30-46(45)59-3)61-48-11-7-5-9-42(48)44-23-19-37(28-50(44)61)35-16-20-40(58-2)21-17-35/h4-30H,1H3. The maximum atomic E-state index is 14.4. The molecule has 2 aromatic heterocycles. The molecule has 10 rings (SSSR count). The van der Waals surface area contributed by atoms with E-state index >= 15 is 0 Å². The number of aromatic nitrogens is 2. The minimum atomic E-state index is -4.59. The summed E-state index contributed by atoms with van der Waals surface area (Å²) in [6.07, 6.45) is -4.59. The Bertz CT molecular complexity index is 3550. The molecule has 0 aliphatic rings. The van der Waals surface area contributed by atoms with E-state index in [9.17, 15) is 18.4 Å². The number of hydrogen-bond donors (Lipinski definition) is 0. The molecule has 5 nitrogen and oxygen atoms in total. The summed E-state index contributed by atoms with van der Waals surface area (Å²) >= 11 is 0. The lowest BCUT2D eigenvalue weighted by Gasteiger charge is -2.20. The van der Waals surface area contributed by atoms with Crippen LogP contribution in [0.1, 0.15) is 16.7 Å². The zero-order valence-corrected chi connectivity index (χ0v) is 32.5. The van der Waals surface area contributed by atoms with E-state index in [4.69, 9.17) is 13.1 Å². The molecule has 0 bridgehead atoms. The van der Waals surface area contributed by atoms with Crippen LogP contribution < -0.4 is 0 Å². The van der Waals surface area contributed by atoms with Gasteiger partial charge in [0, 0.05) is 21.5 Å². The Morgan fingerprint density at radius 3 is 1.54 bits per heavy atom. The van der Waals surface area contributed by atoms with E-state index in [-0.39, 0.29) is 11.3 Å². The van der Waals surface area contributed by atoms with E-state index < -0.39 is 11.7 Å². The summed E-state index contributed by atoms with van der Waals surface area (Å²) in [5.41, 5.74) is 10.1. The molecule has 0 aliphatic heterocycles. The summed E-state index contributed by atoms with van der Waals surface area (Å²) in [5.74, 6) is 0. The van der Waals surface area contributed by atoms with Gasteiger partial charge in [-0.05, 0) is 107 Å². The van der Waals surface area contributed by atoms with Gasteiger partial charge in [0.05, 0.1) is 63.8 Å². The van der Waals surface area contributed by atoms with E-state index in [1.807, 2.05) is 66.7 Å². The van der Waals surface area contributed by atoms with Crippen molar-refractivity contribution < 1.29 is 13.2 Å². The molecule has 0 radical (unpaired) electrons. The summed E-state index contributed by atoms with van der Waals surface area (Å²) in [7, 11) is 0. The minimum Gasteiger partial charge on any atom is -0.308 e. The van der Waals surface area contributed by atoms with Gasteiger partial charge in [0.2, 0.25) is 0 Å². The molecule has 0 unspecified atom stereocenters. The number of benzene rings is 8. The van der Waals surface area contributed by atoms with Crippen LogP contribution in [0.4, 0.5) is 24.5 Å². The van der Waals surface area contributed by atoms with Gasteiger partial charge in [0.25, 0.3) is 0 Å². The number of alkyl halides is 3. The van der Waals surface area contributed by atoms with Crippen molar-refractivity contribution in [2.75, 3.05) is 0 Å². The van der Waals surface area contributed by atoms with E-state index in [2.05, 4.69) is 73.4 Å². The fourth-order valence-corrected chi connectivity index (χ4v) is 8.63. The monoisotopic (exact) mass is 793 g/mol. The lowest BCUT2D eigenvalue weighted by molar-refractivity contribution is -0.137. The van der Waals surface area contributed by atoms with Gasteiger partial charge in [0.15, 0.2) is 11.4 Å². The molecule has 288 valence electrons. The van der Waals surface area contributed by atoms with Crippen LogP contribution in [0.5, 0.6) is 0 Å². The first kappa shape index (κ1) is 36.9. The SMILES string of the molecule is [C-]#[N+]c1ccc(-c2ccc3c4ccccc4n(-c4cc([N+]#[C-])c(-c5cc(C)cc(C(F)(F)F)c5)cc4-n4c5ccccc5c5ccc(-c6ccc(C#N)cc6)cc54)c3c2)cc1. The number of para-hydroxylation sites is 2. The Balaban J connectivity index is 1.34. The third-order valence-corrected chi connectivity index (χ3v) is 11.4. The summed E-state index contributed by atoms with van der Waals surface area (Å²) in [5, 5.41) is 13.4. The van der Waals surface area contributed by atoms with Gasteiger partial charge in [-0.15, -0.1) is 0 Å². The van der Waals surface area contributed by atoms with Crippen LogP contribution in [-0.4, -0.2) is 9.13 Å². The number of halogens is 3. The molecule has 0 atom stereocenters. The van der Waals surface area contributed by atoms with Gasteiger partial charge in [-0.2, -0.15) is 18.4 Å². The van der Waals surface area contributed by atoms with Crippen molar-refractivity contribution in [3.8, 4) is 50.8 Å². The predicted molar refractivity (Wildman–Crippen MR) is 238 cm³/mol. The molecule has 0 spiro atoms. The number of fused-ring (bicyclic) bond motifs is 6. The molecule has 0 saturated carbocycles. The van der Waals surface area contributed by atoms with Crippen molar-refractivity contribution >= 4 is 55.0 Å². The van der Waals surface area contributed by atoms with Crippen LogP contribution in [0.3, 0.4) is 0 Å². The summed E-state index contributed by atoms with van der Waals surface area (Å²) < 4.78 is 47.4. The molecule has 0 saturated heterocycles. The third kappa shape index (κ3) is 6.16. The highest BCUT2D eigenvalue weighted by Crippen LogP contribution is 2.45. The van der Waals surface area contributed by atoms with E-state index in [0.29, 0.717) is 33.8 Å². The molecule has 0 amide bonds. The second-order valence-corrected chi connectivity index (χ2v) is 15.1. The molecule has 0 N–H and O–H groups in total. The van der Waals surface area contributed by atoms with Crippen LogP contribution in [0.15, 0.2) is 164 Å². The average molecular weight is 794 g/mol.